The molecule has 0 aliphatic heterocycles. The van der Waals surface area contributed by atoms with Crippen LogP contribution >= 0.6 is 23.2 Å². The SMILES string of the molecule is O=C(Nc1nn(Cc2ccccc2Cl)cc1Cl)c1ccn(COc2ccccc2[N+](=O)[O-])n1. The van der Waals surface area contributed by atoms with E-state index < -0.39 is 10.8 Å². The second kappa shape index (κ2) is 9.72. The van der Waals surface area contributed by atoms with E-state index in [-0.39, 0.29) is 34.7 Å². The predicted octanol–water partition coefficient (Wildman–Crippen LogP) is 4.63. The number of aromatic nitrogens is 4. The Hall–Kier alpha value is -3.89. The number of hydrogen-bond donors (Lipinski definition) is 1. The first-order valence-corrected chi connectivity index (χ1v) is 10.3. The standard InChI is InChI=1S/C21H16Cl2N6O4/c22-15-6-2-1-5-14(15)11-28-12-16(23)20(26-28)24-21(30)17-9-10-27(25-17)13-33-19-8-4-3-7-18(19)29(31)32/h1-10,12H,11,13H2,(H,24,26,30). The molecule has 0 unspecified atom stereocenters. The molecule has 0 saturated heterocycles. The molecule has 0 bridgehead atoms. The zero-order valence-electron chi connectivity index (χ0n) is 16.9. The normalized spacial score (nSPS) is 10.7. The molecule has 4 aromatic rings. The van der Waals surface area contributed by atoms with Gasteiger partial charge in [0.05, 0.1) is 11.5 Å². The molecule has 10 nitrogen and oxygen atoms in total. The van der Waals surface area contributed by atoms with E-state index in [1.165, 1.54) is 29.1 Å². The Labute approximate surface area is 197 Å². The van der Waals surface area contributed by atoms with Crippen molar-refractivity contribution in [3.8, 4) is 5.75 Å². The van der Waals surface area contributed by atoms with Gasteiger partial charge in [0.25, 0.3) is 5.91 Å². The van der Waals surface area contributed by atoms with Crippen LogP contribution in [0.3, 0.4) is 0 Å². The maximum Gasteiger partial charge on any atom is 0.311 e. The number of ether oxygens (including phenoxy) is 1. The molecule has 33 heavy (non-hydrogen) atoms. The van der Waals surface area contributed by atoms with Crippen LogP contribution in [0.2, 0.25) is 10.0 Å². The van der Waals surface area contributed by atoms with Crippen molar-refractivity contribution in [1.82, 2.24) is 19.6 Å². The van der Waals surface area contributed by atoms with E-state index in [1.807, 2.05) is 18.2 Å². The van der Waals surface area contributed by atoms with Crippen molar-refractivity contribution in [1.29, 1.82) is 0 Å². The van der Waals surface area contributed by atoms with Crippen molar-refractivity contribution in [3.63, 3.8) is 0 Å². The monoisotopic (exact) mass is 486 g/mol. The van der Waals surface area contributed by atoms with Crippen molar-refractivity contribution in [2.24, 2.45) is 0 Å². The third-order valence-electron chi connectivity index (χ3n) is 4.53. The smallest absolute Gasteiger partial charge is 0.311 e. The Morgan fingerprint density at radius 1 is 1.03 bits per heavy atom. The maximum atomic E-state index is 12.6. The summed E-state index contributed by atoms with van der Waals surface area (Å²) >= 11 is 12.4. The Morgan fingerprint density at radius 2 is 1.79 bits per heavy atom. The van der Waals surface area contributed by atoms with Crippen LogP contribution < -0.4 is 10.1 Å². The summed E-state index contributed by atoms with van der Waals surface area (Å²) in [4.78, 5) is 23.1. The first-order valence-electron chi connectivity index (χ1n) is 9.58. The first-order chi connectivity index (χ1) is 15.9. The van der Waals surface area contributed by atoms with Gasteiger partial charge in [0.15, 0.2) is 24.0 Å². The molecule has 12 heteroatoms. The van der Waals surface area contributed by atoms with Gasteiger partial charge in [-0.1, -0.05) is 53.5 Å². The van der Waals surface area contributed by atoms with Gasteiger partial charge in [-0.05, 0) is 23.8 Å². The predicted molar refractivity (Wildman–Crippen MR) is 122 cm³/mol. The molecule has 0 fully saturated rings. The molecule has 2 aromatic heterocycles. The second-order valence-electron chi connectivity index (χ2n) is 6.81. The van der Waals surface area contributed by atoms with E-state index in [4.69, 9.17) is 27.9 Å². The Morgan fingerprint density at radius 3 is 2.58 bits per heavy atom. The molecule has 0 spiro atoms. The van der Waals surface area contributed by atoms with Gasteiger partial charge in [0, 0.05) is 23.5 Å². The van der Waals surface area contributed by atoms with Gasteiger partial charge in [0.1, 0.15) is 5.02 Å². The molecule has 2 heterocycles. The molecule has 2 aromatic carbocycles. The van der Waals surface area contributed by atoms with Gasteiger partial charge in [-0.25, -0.2) is 4.68 Å². The molecule has 4 rings (SSSR count). The number of nitrogens with zero attached hydrogens (tertiary/aromatic N) is 5. The van der Waals surface area contributed by atoms with Crippen LogP contribution in [0.5, 0.6) is 5.75 Å². The highest BCUT2D eigenvalue weighted by atomic mass is 35.5. The van der Waals surface area contributed by atoms with E-state index in [0.717, 1.165) is 5.56 Å². The summed E-state index contributed by atoms with van der Waals surface area (Å²) in [6, 6.07) is 14.8. The Kier molecular flexibility index (Phi) is 6.57. The van der Waals surface area contributed by atoms with E-state index >= 15 is 0 Å². The number of carbonyl (C=O) groups excluding carboxylic acids is 1. The molecule has 0 radical (unpaired) electrons. The Balaban J connectivity index is 1.40. The van der Waals surface area contributed by atoms with Crippen LogP contribution in [0.15, 0.2) is 67.0 Å². The molecule has 168 valence electrons. The van der Waals surface area contributed by atoms with Gasteiger partial charge in [-0.15, -0.1) is 0 Å². The number of nitro benzene ring substituents is 1. The fourth-order valence-corrected chi connectivity index (χ4v) is 3.35. The van der Waals surface area contributed by atoms with Crippen LogP contribution in [-0.4, -0.2) is 30.4 Å². The van der Waals surface area contributed by atoms with Crippen molar-refractivity contribution in [2.45, 2.75) is 13.3 Å². The lowest BCUT2D eigenvalue weighted by molar-refractivity contribution is -0.386. The van der Waals surface area contributed by atoms with Gasteiger partial charge in [0.2, 0.25) is 0 Å². The summed E-state index contributed by atoms with van der Waals surface area (Å²) in [5.41, 5.74) is 0.788. The summed E-state index contributed by atoms with van der Waals surface area (Å²) in [5.74, 6) is -0.247. The Bertz CT molecular complexity index is 1320. The zero-order valence-corrected chi connectivity index (χ0v) is 18.4. The van der Waals surface area contributed by atoms with Crippen molar-refractivity contribution in [2.75, 3.05) is 5.32 Å². The minimum absolute atomic E-state index is 0.0953. The van der Waals surface area contributed by atoms with Gasteiger partial charge >= 0.3 is 5.69 Å². The molecular weight excluding hydrogens is 471 g/mol. The first kappa shape index (κ1) is 22.3. The molecular formula is C21H16Cl2N6O4. The third kappa shape index (κ3) is 5.30. The quantitative estimate of drug-likeness (QED) is 0.286. The molecule has 0 aliphatic carbocycles. The minimum atomic E-state index is -0.536. The van der Waals surface area contributed by atoms with Crippen LogP contribution in [0.1, 0.15) is 16.1 Å². The van der Waals surface area contributed by atoms with E-state index in [9.17, 15) is 14.9 Å². The van der Waals surface area contributed by atoms with Crippen molar-refractivity contribution >= 4 is 40.6 Å². The average Bonchev–Trinajstić information content (AvgIpc) is 3.41. The molecule has 1 N–H and O–H groups in total. The summed E-state index contributed by atoms with van der Waals surface area (Å²) in [5, 5.41) is 23.0. The van der Waals surface area contributed by atoms with Crippen molar-refractivity contribution in [3.05, 3.63) is 98.4 Å². The number of para-hydroxylation sites is 2. The highest BCUT2D eigenvalue weighted by Gasteiger charge is 2.17. The minimum Gasteiger partial charge on any atom is -0.464 e. The number of carbonyl (C=O) groups is 1. The zero-order chi connectivity index (χ0) is 23.4. The van der Waals surface area contributed by atoms with E-state index in [1.54, 1.807) is 29.1 Å². The lowest BCUT2D eigenvalue weighted by atomic mass is 10.2. The highest BCUT2D eigenvalue weighted by molar-refractivity contribution is 6.33. The number of nitrogens with one attached hydrogen (secondary N) is 1. The number of amides is 1. The summed E-state index contributed by atoms with van der Waals surface area (Å²) in [7, 11) is 0. The van der Waals surface area contributed by atoms with Crippen LogP contribution in [0.25, 0.3) is 0 Å². The van der Waals surface area contributed by atoms with Crippen LogP contribution in [0.4, 0.5) is 11.5 Å². The molecule has 0 atom stereocenters. The fraction of sp³-hybridized carbons (Fsp3) is 0.0952. The summed E-state index contributed by atoms with van der Waals surface area (Å²) in [6.07, 6.45) is 3.10. The number of benzene rings is 2. The lowest BCUT2D eigenvalue weighted by Crippen LogP contribution is -2.15. The van der Waals surface area contributed by atoms with Gasteiger partial charge < -0.3 is 10.1 Å². The number of hydrogen-bond acceptors (Lipinski definition) is 6. The van der Waals surface area contributed by atoms with Crippen LogP contribution in [-0.2, 0) is 13.3 Å². The number of anilines is 1. The van der Waals surface area contributed by atoms with E-state index in [2.05, 4.69) is 15.5 Å². The van der Waals surface area contributed by atoms with Crippen molar-refractivity contribution < 1.29 is 14.5 Å². The second-order valence-corrected chi connectivity index (χ2v) is 7.62. The summed E-state index contributed by atoms with van der Waals surface area (Å²) in [6.45, 7) is 0.262. The molecule has 1 amide bonds. The fourth-order valence-electron chi connectivity index (χ4n) is 2.96. The number of rotatable bonds is 8. The third-order valence-corrected chi connectivity index (χ3v) is 5.17. The molecule has 0 saturated carbocycles. The van der Waals surface area contributed by atoms with E-state index in [0.29, 0.717) is 11.6 Å². The number of halogens is 2. The topological polar surface area (TPSA) is 117 Å². The molecule has 0 aliphatic rings. The maximum absolute atomic E-state index is 12.6. The lowest BCUT2D eigenvalue weighted by Gasteiger charge is -2.06. The average molecular weight is 487 g/mol. The van der Waals surface area contributed by atoms with Crippen LogP contribution in [0, 0.1) is 10.1 Å². The summed E-state index contributed by atoms with van der Waals surface area (Å²) < 4.78 is 8.37. The van der Waals surface area contributed by atoms with Gasteiger partial charge in [-0.2, -0.15) is 10.2 Å². The number of nitro groups is 1. The van der Waals surface area contributed by atoms with Gasteiger partial charge in [-0.3, -0.25) is 19.6 Å². The largest absolute Gasteiger partial charge is 0.464 e. The highest BCUT2D eigenvalue weighted by Crippen LogP contribution is 2.26.